The summed E-state index contributed by atoms with van der Waals surface area (Å²) < 4.78 is 5.15. The van der Waals surface area contributed by atoms with E-state index in [0.717, 1.165) is 25.7 Å². The van der Waals surface area contributed by atoms with E-state index in [2.05, 4.69) is 5.32 Å². The topological polar surface area (TPSA) is 75.6 Å². The first-order valence-corrected chi connectivity index (χ1v) is 6.45. The summed E-state index contributed by atoms with van der Waals surface area (Å²) in [5, 5.41) is 12.0. The number of alkyl carbamates (subject to hydrolysis) is 1. The van der Waals surface area contributed by atoms with Crippen molar-refractivity contribution in [2.45, 2.75) is 64.0 Å². The highest BCUT2D eigenvalue weighted by molar-refractivity contribution is 5.89. The van der Waals surface area contributed by atoms with Gasteiger partial charge in [-0.25, -0.2) is 9.59 Å². The predicted molar refractivity (Wildman–Crippen MR) is 65.3 cm³/mol. The molecule has 2 aliphatic rings. The number of hydrogen-bond acceptors (Lipinski definition) is 3. The number of aliphatic carboxylic acids is 1. The van der Waals surface area contributed by atoms with Crippen LogP contribution in [0.15, 0.2) is 0 Å². The first kappa shape index (κ1) is 13.2. The maximum atomic E-state index is 11.8. The van der Waals surface area contributed by atoms with Crippen LogP contribution in [0.1, 0.15) is 52.9 Å². The lowest BCUT2D eigenvalue weighted by Gasteiger charge is -2.24. The third kappa shape index (κ3) is 2.06. The fourth-order valence-electron chi connectivity index (χ4n) is 3.13. The van der Waals surface area contributed by atoms with Crippen molar-refractivity contribution in [3.63, 3.8) is 0 Å². The number of nitrogens with one attached hydrogen (secondary N) is 1. The average Bonchev–Trinajstić information content (AvgIpc) is 2.58. The summed E-state index contributed by atoms with van der Waals surface area (Å²) in [6, 6.07) is 0. The average molecular weight is 255 g/mol. The van der Waals surface area contributed by atoms with Crippen molar-refractivity contribution in [3.05, 3.63) is 0 Å². The van der Waals surface area contributed by atoms with Gasteiger partial charge in [-0.3, -0.25) is 0 Å². The number of rotatable bonds is 2. The minimum atomic E-state index is -1.09. The lowest BCUT2D eigenvalue weighted by Crippen LogP contribution is -2.49. The molecule has 2 aliphatic carbocycles. The maximum absolute atomic E-state index is 11.8. The molecule has 2 N–H and O–H groups in total. The van der Waals surface area contributed by atoms with Gasteiger partial charge in [0.2, 0.25) is 0 Å². The van der Waals surface area contributed by atoms with Gasteiger partial charge in [0.05, 0.1) is 0 Å². The van der Waals surface area contributed by atoms with Gasteiger partial charge in [0.1, 0.15) is 11.1 Å². The molecular formula is C13H21NO4. The Balaban J connectivity index is 2.06. The highest BCUT2D eigenvalue weighted by Crippen LogP contribution is 2.65. The van der Waals surface area contributed by atoms with Crippen LogP contribution in [-0.4, -0.2) is 28.3 Å². The van der Waals surface area contributed by atoms with E-state index in [4.69, 9.17) is 4.74 Å². The number of amides is 1. The zero-order valence-electron chi connectivity index (χ0n) is 11.2. The zero-order chi connectivity index (χ0) is 13.6. The monoisotopic (exact) mass is 255 g/mol. The van der Waals surface area contributed by atoms with E-state index >= 15 is 0 Å². The Kier molecular flexibility index (Phi) is 2.83. The van der Waals surface area contributed by atoms with Crippen LogP contribution in [0.5, 0.6) is 0 Å². The van der Waals surface area contributed by atoms with E-state index in [0.29, 0.717) is 6.42 Å². The van der Waals surface area contributed by atoms with E-state index in [1.165, 1.54) is 0 Å². The summed E-state index contributed by atoms with van der Waals surface area (Å²) >= 11 is 0. The molecule has 2 fully saturated rings. The quantitative estimate of drug-likeness (QED) is 0.793. The molecule has 0 heterocycles. The molecule has 5 heteroatoms. The van der Waals surface area contributed by atoms with Gasteiger partial charge >= 0.3 is 12.1 Å². The van der Waals surface area contributed by atoms with Crippen molar-refractivity contribution in [1.29, 1.82) is 0 Å². The highest BCUT2D eigenvalue weighted by atomic mass is 16.6. The molecule has 0 saturated heterocycles. The molecule has 1 atom stereocenters. The number of hydrogen-bond donors (Lipinski definition) is 2. The number of carboxylic acids is 1. The molecule has 1 amide bonds. The minimum absolute atomic E-state index is 0.226. The predicted octanol–water partition coefficient (Wildman–Crippen LogP) is 2.30. The van der Waals surface area contributed by atoms with Crippen molar-refractivity contribution < 1.29 is 19.4 Å². The molecule has 0 aliphatic heterocycles. The SMILES string of the molecule is CC(C)(C)OC(=O)N[C@]1(C(=O)O)CC12CCCC2. The molecule has 2 saturated carbocycles. The van der Waals surface area contributed by atoms with Crippen LogP contribution in [0.4, 0.5) is 4.79 Å². The lowest BCUT2D eigenvalue weighted by atomic mass is 9.98. The largest absolute Gasteiger partial charge is 0.479 e. The highest BCUT2D eigenvalue weighted by Gasteiger charge is 2.73. The summed E-state index contributed by atoms with van der Waals surface area (Å²) in [6.45, 7) is 5.29. The Labute approximate surface area is 107 Å². The van der Waals surface area contributed by atoms with Gasteiger partial charge in [0.25, 0.3) is 0 Å². The molecule has 0 bridgehead atoms. The second-order valence-corrected chi connectivity index (χ2v) is 6.50. The molecule has 5 nitrogen and oxygen atoms in total. The van der Waals surface area contributed by atoms with E-state index in [-0.39, 0.29) is 5.41 Å². The third-order valence-corrected chi connectivity index (χ3v) is 4.02. The Morgan fingerprint density at radius 2 is 1.78 bits per heavy atom. The van der Waals surface area contributed by atoms with E-state index in [9.17, 15) is 14.7 Å². The first-order chi connectivity index (χ1) is 8.21. The van der Waals surface area contributed by atoms with Gasteiger partial charge in [-0.15, -0.1) is 0 Å². The van der Waals surface area contributed by atoms with Gasteiger partial charge in [0.15, 0.2) is 0 Å². The van der Waals surface area contributed by atoms with Crippen LogP contribution in [0.2, 0.25) is 0 Å². The first-order valence-electron chi connectivity index (χ1n) is 6.45. The number of carbonyl (C=O) groups excluding carboxylic acids is 1. The minimum Gasteiger partial charge on any atom is -0.479 e. The van der Waals surface area contributed by atoms with Gasteiger partial charge in [-0.05, 0) is 40.0 Å². The van der Waals surface area contributed by atoms with Gasteiger partial charge in [-0.1, -0.05) is 12.8 Å². The maximum Gasteiger partial charge on any atom is 0.408 e. The van der Waals surface area contributed by atoms with Crippen molar-refractivity contribution in [3.8, 4) is 0 Å². The second-order valence-electron chi connectivity index (χ2n) is 6.50. The molecule has 2 rings (SSSR count). The molecular weight excluding hydrogens is 234 g/mol. The van der Waals surface area contributed by atoms with Gasteiger partial charge in [-0.2, -0.15) is 0 Å². The number of carboxylic acid groups (broad SMARTS) is 1. The van der Waals surface area contributed by atoms with Crippen molar-refractivity contribution >= 4 is 12.1 Å². The number of ether oxygens (including phenoxy) is 1. The summed E-state index contributed by atoms with van der Waals surface area (Å²) in [5.74, 6) is -0.935. The van der Waals surface area contributed by atoms with Crippen LogP contribution in [0.3, 0.4) is 0 Å². The fourth-order valence-corrected chi connectivity index (χ4v) is 3.13. The standard InChI is InChI=1S/C13H21NO4/c1-11(2,3)18-10(17)14-13(9(15)16)8-12(13)6-4-5-7-12/h4-8H2,1-3H3,(H,14,17)(H,15,16)/t13-/m0/s1. The Bertz CT molecular complexity index is 379. The summed E-state index contributed by atoms with van der Waals surface area (Å²) in [5.41, 5.74) is -1.93. The number of carbonyl (C=O) groups is 2. The van der Waals surface area contributed by atoms with Gasteiger partial charge in [0, 0.05) is 5.41 Å². The van der Waals surface area contributed by atoms with Gasteiger partial charge < -0.3 is 15.2 Å². The normalized spacial score (nSPS) is 29.1. The van der Waals surface area contributed by atoms with E-state index in [1.54, 1.807) is 20.8 Å². The fraction of sp³-hybridized carbons (Fsp3) is 0.846. The summed E-state index contributed by atoms with van der Waals surface area (Å²) in [4.78, 5) is 23.2. The Hall–Kier alpha value is -1.26. The second kappa shape index (κ2) is 3.87. The third-order valence-electron chi connectivity index (χ3n) is 4.02. The Morgan fingerprint density at radius 1 is 1.22 bits per heavy atom. The molecule has 0 radical (unpaired) electrons. The van der Waals surface area contributed by atoms with Crippen molar-refractivity contribution in [2.24, 2.45) is 5.41 Å². The molecule has 0 aromatic rings. The molecule has 102 valence electrons. The van der Waals surface area contributed by atoms with Crippen molar-refractivity contribution in [2.75, 3.05) is 0 Å². The van der Waals surface area contributed by atoms with Crippen LogP contribution in [-0.2, 0) is 9.53 Å². The smallest absolute Gasteiger partial charge is 0.408 e. The summed E-state index contributed by atoms with van der Waals surface area (Å²) in [6.07, 6.45) is 3.77. The van der Waals surface area contributed by atoms with Crippen LogP contribution >= 0.6 is 0 Å². The van der Waals surface area contributed by atoms with Crippen molar-refractivity contribution in [1.82, 2.24) is 5.32 Å². The molecule has 0 aromatic heterocycles. The lowest BCUT2D eigenvalue weighted by molar-refractivity contribution is -0.142. The van der Waals surface area contributed by atoms with Crippen LogP contribution in [0, 0.1) is 5.41 Å². The van der Waals surface area contributed by atoms with Crippen LogP contribution in [0.25, 0.3) is 0 Å². The van der Waals surface area contributed by atoms with E-state index < -0.39 is 23.2 Å². The summed E-state index contributed by atoms with van der Waals surface area (Å²) in [7, 11) is 0. The van der Waals surface area contributed by atoms with E-state index in [1.807, 2.05) is 0 Å². The Morgan fingerprint density at radius 3 is 2.22 bits per heavy atom. The molecule has 1 spiro atoms. The zero-order valence-corrected chi connectivity index (χ0v) is 11.2. The molecule has 18 heavy (non-hydrogen) atoms. The molecule has 0 aromatic carbocycles. The van der Waals surface area contributed by atoms with Crippen LogP contribution < -0.4 is 5.32 Å². The molecule has 0 unspecified atom stereocenters.